The van der Waals surface area contributed by atoms with E-state index >= 15 is 0 Å². The van der Waals surface area contributed by atoms with E-state index in [1.165, 1.54) is 0 Å². The molecule has 1 atom stereocenters. The Morgan fingerprint density at radius 2 is 2.39 bits per heavy atom. The third kappa shape index (κ3) is 3.55. The molecule has 0 unspecified atom stereocenters. The second kappa shape index (κ2) is 6.52. The Hall–Kier alpha value is -1.39. The van der Waals surface area contributed by atoms with Crippen molar-refractivity contribution in [3.05, 3.63) is 29.8 Å². The summed E-state index contributed by atoms with van der Waals surface area (Å²) in [4.78, 5) is 11.9. The molecule has 1 aromatic carbocycles. The van der Waals surface area contributed by atoms with Gasteiger partial charge >= 0.3 is 0 Å². The molecule has 0 spiro atoms. The lowest BCUT2D eigenvalue weighted by Gasteiger charge is -2.11. The summed E-state index contributed by atoms with van der Waals surface area (Å²) >= 11 is 0. The highest BCUT2D eigenvalue weighted by atomic mass is 16.2. The Morgan fingerprint density at radius 1 is 1.50 bits per heavy atom. The number of aliphatic hydroxyl groups excluding tert-OH is 1. The Balaban J connectivity index is 1.93. The van der Waals surface area contributed by atoms with Gasteiger partial charge in [-0.05, 0) is 49.9 Å². The third-order valence-electron chi connectivity index (χ3n) is 3.19. The molecule has 2 rings (SSSR count). The number of nitrogens with one attached hydrogen (secondary N) is 2. The second-order valence-electron chi connectivity index (χ2n) is 4.67. The molecule has 1 aliphatic heterocycles. The van der Waals surface area contributed by atoms with E-state index in [2.05, 4.69) is 10.6 Å². The van der Waals surface area contributed by atoms with Crippen LogP contribution in [0.3, 0.4) is 0 Å². The van der Waals surface area contributed by atoms with E-state index in [1.54, 1.807) is 0 Å². The van der Waals surface area contributed by atoms with E-state index in [0.29, 0.717) is 0 Å². The van der Waals surface area contributed by atoms with Crippen molar-refractivity contribution in [1.82, 2.24) is 5.32 Å². The van der Waals surface area contributed by atoms with Gasteiger partial charge in [0.15, 0.2) is 0 Å². The maximum Gasteiger partial charge on any atom is 0.241 e. The average molecular weight is 248 g/mol. The molecule has 0 saturated carbocycles. The Morgan fingerprint density at radius 3 is 3.11 bits per heavy atom. The van der Waals surface area contributed by atoms with Crippen molar-refractivity contribution in [2.24, 2.45) is 0 Å². The zero-order valence-corrected chi connectivity index (χ0v) is 10.5. The molecule has 0 aliphatic carbocycles. The minimum absolute atomic E-state index is 0.0480. The molecule has 0 aromatic heterocycles. The van der Waals surface area contributed by atoms with Gasteiger partial charge < -0.3 is 15.7 Å². The van der Waals surface area contributed by atoms with Crippen LogP contribution in [-0.2, 0) is 11.2 Å². The number of aliphatic hydroxyl groups is 1. The van der Waals surface area contributed by atoms with Gasteiger partial charge in [0.1, 0.15) is 0 Å². The molecule has 4 heteroatoms. The van der Waals surface area contributed by atoms with Crippen molar-refractivity contribution in [3.8, 4) is 0 Å². The number of amides is 1. The molecule has 1 aliphatic rings. The molecule has 0 bridgehead atoms. The van der Waals surface area contributed by atoms with Crippen LogP contribution in [-0.4, -0.2) is 30.2 Å². The number of aryl methyl sites for hydroxylation is 1. The fourth-order valence-corrected chi connectivity index (χ4v) is 2.23. The van der Waals surface area contributed by atoms with Crippen LogP contribution in [0, 0.1) is 0 Å². The van der Waals surface area contributed by atoms with Crippen LogP contribution >= 0.6 is 0 Å². The van der Waals surface area contributed by atoms with E-state index in [0.717, 1.165) is 43.5 Å². The summed E-state index contributed by atoms with van der Waals surface area (Å²) in [5.41, 5.74) is 1.98. The molecule has 1 saturated heterocycles. The van der Waals surface area contributed by atoms with Gasteiger partial charge in [-0.15, -0.1) is 0 Å². The predicted octanol–water partition coefficient (Wildman–Crippen LogP) is 1.30. The first-order valence-electron chi connectivity index (χ1n) is 6.53. The van der Waals surface area contributed by atoms with Crippen molar-refractivity contribution >= 4 is 11.6 Å². The lowest BCUT2D eigenvalue weighted by molar-refractivity contribution is -0.117. The van der Waals surface area contributed by atoms with Crippen molar-refractivity contribution in [1.29, 1.82) is 0 Å². The number of carbonyl (C=O) groups excluding carboxylic acids is 1. The van der Waals surface area contributed by atoms with Crippen LogP contribution in [0.2, 0.25) is 0 Å². The fourth-order valence-electron chi connectivity index (χ4n) is 2.23. The molecule has 0 radical (unpaired) electrons. The highest BCUT2D eigenvalue weighted by Gasteiger charge is 2.21. The number of benzene rings is 1. The van der Waals surface area contributed by atoms with Gasteiger partial charge in [0.2, 0.25) is 5.91 Å². The smallest absolute Gasteiger partial charge is 0.241 e. The number of anilines is 1. The molecular formula is C14H20N2O2. The van der Waals surface area contributed by atoms with Gasteiger partial charge in [-0.2, -0.15) is 0 Å². The molecule has 4 nitrogen and oxygen atoms in total. The predicted molar refractivity (Wildman–Crippen MR) is 71.5 cm³/mol. The molecule has 1 fully saturated rings. The molecular weight excluding hydrogens is 228 g/mol. The van der Waals surface area contributed by atoms with E-state index in [4.69, 9.17) is 5.11 Å². The number of hydrogen-bond acceptors (Lipinski definition) is 3. The highest BCUT2D eigenvalue weighted by Crippen LogP contribution is 2.14. The first kappa shape index (κ1) is 13.1. The second-order valence-corrected chi connectivity index (χ2v) is 4.67. The summed E-state index contributed by atoms with van der Waals surface area (Å²) in [7, 11) is 0. The monoisotopic (exact) mass is 248 g/mol. The molecule has 1 heterocycles. The summed E-state index contributed by atoms with van der Waals surface area (Å²) in [6, 6.07) is 7.77. The largest absolute Gasteiger partial charge is 0.396 e. The minimum Gasteiger partial charge on any atom is -0.396 e. The average Bonchev–Trinajstić information content (AvgIpc) is 2.91. The summed E-state index contributed by atoms with van der Waals surface area (Å²) in [6.07, 6.45) is 3.56. The standard InChI is InChI=1S/C14H20N2O2/c17-9-3-5-11-4-1-6-12(10-11)16-14(18)13-7-2-8-15-13/h1,4,6,10,13,15,17H,2-3,5,7-9H2,(H,16,18)/t13-/m0/s1. The number of rotatable bonds is 5. The van der Waals surface area contributed by atoms with E-state index in [-0.39, 0.29) is 18.6 Å². The van der Waals surface area contributed by atoms with Gasteiger partial charge in [-0.1, -0.05) is 12.1 Å². The number of hydrogen-bond donors (Lipinski definition) is 3. The van der Waals surface area contributed by atoms with E-state index < -0.39 is 0 Å². The maximum atomic E-state index is 11.9. The first-order valence-corrected chi connectivity index (χ1v) is 6.53. The zero-order valence-electron chi connectivity index (χ0n) is 10.5. The van der Waals surface area contributed by atoms with Gasteiger partial charge in [-0.25, -0.2) is 0 Å². The highest BCUT2D eigenvalue weighted by molar-refractivity contribution is 5.95. The third-order valence-corrected chi connectivity index (χ3v) is 3.19. The Bertz CT molecular complexity index is 401. The normalized spacial score (nSPS) is 18.8. The molecule has 1 aromatic rings. The van der Waals surface area contributed by atoms with Gasteiger partial charge in [-0.3, -0.25) is 4.79 Å². The van der Waals surface area contributed by atoms with Gasteiger partial charge in [0, 0.05) is 12.3 Å². The molecule has 1 amide bonds. The first-order chi connectivity index (χ1) is 8.79. The van der Waals surface area contributed by atoms with E-state index in [1.807, 2.05) is 24.3 Å². The van der Waals surface area contributed by atoms with Crippen molar-refractivity contribution in [2.75, 3.05) is 18.5 Å². The molecule has 3 N–H and O–H groups in total. The van der Waals surface area contributed by atoms with Crippen molar-refractivity contribution < 1.29 is 9.90 Å². The number of carbonyl (C=O) groups is 1. The summed E-state index contributed by atoms with van der Waals surface area (Å²) < 4.78 is 0. The maximum absolute atomic E-state index is 11.9. The van der Waals surface area contributed by atoms with Gasteiger partial charge in [0.05, 0.1) is 6.04 Å². The van der Waals surface area contributed by atoms with Crippen LogP contribution in [0.15, 0.2) is 24.3 Å². The SMILES string of the molecule is O=C(Nc1cccc(CCCO)c1)[C@@H]1CCCN1. The molecule has 98 valence electrons. The van der Waals surface area contributed by atoms with Crippen LogP contribution in [0.1, 0.15) is 24.8 Å². The molecule has 18 heavy (non-hydrogen) atoms. The fraction of sp³-hybridized carbons (Fsp3) is 0.500. The minimum atomic E-state index is -0.0499. The summed E-state index contributed by atoms with van der Waals surface area (Å²) in [6.45, 7) is 1.12. The summed E-state index contributed by atoms with van der Waals surface area (Å²) in [5.74, 6) is 0.0480. The topological polar surface area (TPSA) is 61.4 Å². The van der Waals surface area contributed by atoms with Gasteiger partial charge in [0.25, 0.3) is 0 Å². The van der Waals surface area contributed by atoms with Crippen molar-refractivity contribution in [3.63, 3.8) is 0 Å². The Labute approximate surface area is 107 Å². The Kier molecular flexibility index (Phi) is 4.73. The zero-order chi connectivity index (χ0) is 12.8. The summed E-state index contributed by atoms with van der Waals surface area (Å²) in [5, 5.41) is 14.9. The quantitative estimate of drug-likeness (QED) is 0.736. The lowest BCUT2D eigenvalue weighted by Crippen LogP contribution is -2.35. The van der Waals surface area contributed by atoms with Crippen LogP contribution in [0.4, 0.5) is 5.69 Å². The van der Waals surface area contributed by atoms with Crippen LogP contribution in [0.5, 0.6) is 0 Å². The lowest BCUT2D eigenvalue weighted by atomic mass is 10.1. The van der Waals surface area contributed by atoms with Crippen LogP contribution in [0.25, 0.3) is 0 Å². The van der Waals surface area contributed by atoms with E-state index in [9.17, 15) is 4.79 Å². The van der Waals surface area contributed by atoms with Crippen LogP contribution < -0.4 is 10.6 Å². The van der Waals surface area contributed by atoms with Crippen molar-refractivity contribution in [2.45, 2.75) is 31.7 Å².